The first kappa shape index (κ1) is 20.7. The zero-order chi connectivity index (χ0) is 23.8. The summed E-state index contributed by atoms with van der Waals surface area (Å²) in [6.45, 7) is 0.625. The van der Waals surface area contributed by atoms with Crippen LogP contribution in [0.3, 0.4) is 0 Å². The predicted molar refractivity (Wildman–Crippen MR) is 127 cm³/mol. The molecule has 0 bridgehead atoms. The molecule has 1 aliphatic rings. The molecular weight excluding hydrogens is 450 g/mol. The van der Waals surface area contributed by atoms with Gasteiger partial charge in [-0.2, -0.15) is 0 Å². The summed E-state index contributed by atoms with van der Waals surface area (Å²) in [5.41, 5.74) is 1.38. The second-order valence-electron chi connectivity index (χ2n) is 7.83. The number of nitrogens with one attached hydrogen (secondary N) is 1. The lowest BCUT2D eigenvalue weighted by Gasteiger charge is -2.18. The van der Waals surface area contributed by atoms with E-state index in [0.717, 1.165) is 4.68 Å². The number of nitrogens with zero attached hydrogens (tertiary/aromatic N) is 4. The topological polar surface area (TPSA) is 109 Å². The number of carbonyl (C=O) groups is 1. The van der Waals surface area contributed by atoms with E-state index in [2.05, 4.69) is 15.4 Å². The van der Waals surface area contributed by atoms with Crippen molar-refractivity contribution in [1.29, 1.82) is 0 Å². The summed E-state index contributed by atoms with van der Waals surface area (Å²) in [4.78, 5) is 30.6. The van der Waals surface area contributed by atoms with E-state index in [1.165, 1.54) is 4.40 Å². The van der Waals surface area contributed by atoms with Crippen LogP contribution in [0.1, 0.15) is 0 Å². The normalized spacial score (nSPS) is 12.6. The predicted octanol–water partition coefficient (Wildman–Crippen LogP) is 3.25. The molecule has 3 heterocycles. The Morgan fingerprint density at radius 3 is 2.60 bits per heavy atom. The first-order valence-corrected chi connectivity index (χ1v) is 11.0. The summed E-state index contributed by atoms with van der Waals surface area (Å²) >= 11 is 0. The van der Waals surface area contributed by atoms with Crippen LogP contribution in [-0.2, 0) is 11.3 Å². The van der Waals surface area contributed by atoms with Gasteiger partial charge in [0.1, 0.15) is 25.5 Å². The van der Waals surface area contributed by atoms with Gasteiger partial charge in [-0.3, -0.25) is 4.79 Å². The van der Waals surface area contributed by atoms with Crippen molar-refractivity contribution in [3.63, 3.8) is 0 Å². The van der Waals surface area contributed by atoms with Crippen molar-refractivity contribution in [2.45, 2.75) is 6.54 Å². The number of rotatable bonds is 5. The summed E-state index contributed by atoms with van der Waals surface area (Å²) in [7, 11) is 0. The van der Waals surface area contributed by atoms with Crippen LogP contribution >= 0.6 is 0 Å². The van der Waals surface area contributed by atoms with E-state index < -0.39 is 11.6 Å². The van der Waals surface area contributed by atoms with Crippen molar-refractivity contribution in [1.82, 2.24) is 19.2 Å². The minimum Gasteiger partial charge on any atom is -0.486 e. The maximum atomic E-state index is 13.3. The Kier molecular flexibility index (Phi) is 5.03. The third-order valence-corrected chi connectivity index (χ3v) is 5.45. The summed E-state index contributed by atoms with van der Waals surface area (Å²) in [5.74, 6) is 1.47. The van der Waals surface area contributed by atoms with Crippen LogP contribution in [0.4, 0.5) is 5.69 Å². The second kappa shape index (κ2) is 8.49. The molecule has 0 aliphatic carbocycles. The molecule has 2 aromatic heterocycles. The van der Waals surface area contributed by atoms with Gasteiger partial charge in [0.15, 0.2) is 11.5 Å². The SMILES string of the molecule is O=C(Cn1nc2c(Oc3ccccc3)nc3ccccc3n2c1=O)Nc1ccc2c(c1)OCCO2. The first-order valence-electron chi connectivity index (χ1n) is 11.0. The molecule has 10 nitrogen and oxygen atoms in total. The molecule has 0 radical (unpaired) electrons. The standard InChI is InChI=1S/C25H19N5O5/c31-22(26-16-10-11-20-21(14-16)34-13-12-33-20)15-29-25(32)30-19-9-5-4-8-18(19)27-24(23(30)28-29)35-17-6-2-1-3-7-17/h1-11,14H,12-13,15H2,(H,26,31). The largest absolute Gasteiger partial charge is 0.486 e. The lowest BCUT2D eigenvalue weighted by molar-refractivity contribution is -0.117. The Bertz CT molecular complexity index is 1630. The number of benzene rings is 3. The quantitative estimate of drug-likeness (QED) is 0.421. The van der Waals surface area contributed by atoms with Gasteiger partial charge >= 0.3 is 5.69 Å². The number of hydrogen-bond acceptors (Lipinski definition) is 7. The van der Waals surface area contributed by atoms with Crippen molar-refractivity contribution >= 4 is 28.3 Å². The highest BCUT2D eigenvalue weighted by Gasteiger charge is 2.19. The fourth-order valence-electron chi connectivity index (χ4n) is 3.90. The molecule has 5 aromatic rings. The number of amides is 1. The summed E-state index contributed by atoms with van der Waals surface area (Å²) in [5, 5.41) is 7.16. The van der Waals surface area contributed by atoms with E-state index in [0.29, 0.717) is 47.2 Å². The van der Waals surface area contributed by atoms with Gasteiger partial charge in [0.2, 0.25) is 11.6 Å². The van der Waals surface area contributed by atoms with Gasteiger partial charge in [0.25, 0.3) is 5.88 Å². The smallest absolute Gasteiger partial charge is 0.351 e. The summed E-state index contributed by atoms with van der Waals surface area (Å²) in [6.07, 6.45) is 0. The van der Waals surface area contributed by atoms with Crippen LogP contribution in [0.2, 0.25) is 0 Å². The molecule has 0 unspecified atom stereocenters. The maximum Gasteiger partial charge on any atom is 0.351 e. The molecule has 0 saturated heterocycles. The fraction of sp³-hybridized carbons (Fsp3) is 0.120. The number of anilines is 1. The van der Waals surface area contributed by atoms with Crippen molar-refractivity contribution in [3.05, 3.63) is 83.3 Å². The number of carbonyl (C=O) groups excluding carboxylic acids is 1. The number of hydrogen-bond donors (Lipinski definition) is 1. The van der Waals surface area contributed by atoms with Gasteiger partial charge in [-0.25, -0.2) is 18.9 Å². The lowest BCUT2D eigenvalue weighted by atomic mass is 10.2. The molecule has 3 aromatic carbocycles. The van der Waals surface area contributed by atoms with Gasteiger partial charge in [-0.15, -0.1) is 5.10 Å². The molecular formula is C25H19N5O5. The molecule has 0 spiro atoms. The van der Waals surface area contributed by atoms with Gasteiger partial charge in [0, 0.05) is 11.8 Å². The molecule has 1 amide bonds. The van der Waals surface area contributed by atoms with E-state index in [1.807, 2.05) is 24.3 Å². The Morgan fingerprint density at radius 1 is 0.971 bits per heavy atom. The molecule has 10 heteroatoms. The monoisotopic (exact) mass is 469 g/mol. The number of aromatic nitrogens is 4. The average Bonchev–Trinajstić information content (AvgIpc) is 3.21. The van der Waals surface area contributed by atoms with Gasteiger partial charge < -0.3 is 19.5 Å². The zero-order valence-corrected chi connectivity index (χ0v) is 18.4. The van der Waals surface area contributed by atoms with Crippen LogP contribution in [0.25, 0.3) is 16.7 Å². The average molecular weight is 469 g/mol. The molecule has 1 N–H and O–H groups in total. The molecule has 1 aliphatic heterocycles. The van der Waals surface area contributed by atoms with Crippen LogP contribution < -0.4 is 25.2 Å². The Labute approximate surface area is 198 Å². The minimum absolute atomic E-state index is 0.165. The summed E-state index contributed by atoms with van der Waals surface area (Å²) < 4.78 is 19.5. The van der Waals surface area contributed by atoms with E-state index in [-0.39, 0.29) is 18.1 Å². The van der Waals surface area contributed by atoms with Gasteiger partial charge in [0.05, 0.1) is 11.0 Å². The van der Waals surface area contributed by atoms with Crippen LogP contribution in [-0.4, -0.2) is 38.3 Å². The molecule has 0 fully saturated rings. The Hall–Kier alpha value is -4.86. The number of fused-ring (bicyclic) bond motifs is 4. The highest BCUT2D eigenvalue weighted by atomic mass is 16.6. The van der Waals surface area contributed by atoms with E-state index in [1.54, 1.807) is 48.5 Å². The highest BCUT2D eigenvalue weighted by molar-refractivity contribution is 5.91. The third kappa shape index (κ3) is 3.90. The molecule has 6 rings (SSSR count). The maximum absolute atomic E-state index is 13.3. The van der Waals surface area contributed by atoms with Gasteiger partial charge in [-0.05, 0) is 36.4 Å². The van der Waals surface area contributed by atoms with Crippen molar-refractivity contribution in [2.75, 3.05) is 18.5 Å². The van der Waals surface area contributed by atoms with Crippen LogP contribution in [0.15, 0.2) is 77.6 Å². The van der Waals surface area contributed by atoms with Crippen molar-refractivity contribution in [3.8, 4) is 23.1 Å². The van der Waals surface area contributed by atoms with Gasteiger partial charge in [-0.1, -0.05) is 30.3 Å². The van der Waals surface area contributed by atoms with Crippen molar-refractivity contribution in [2.24, 2.45) is 0 Å². The third-order valence-electron chi connectivity index (χ3n) is 5.45. The van der Waals surface area contributed by atoms with Crippen molar-refractivity contribution < 1.29 is 19.0 Å². The molecule has 0 atom stereocenters. The zero-order valence-electron chi connectivity index (χ0n) is 18.4. The highest BCUT2D eigenvalue weighted by Crippen LogP contribution is 2.32. The molecule has 174 valence electrons. The van der Waals surface area contributed by atoms with E-state index in [4.69, 9.17) is 14.2 Å². The molecule has 0 saturated carbocycles. The Balaban J connectivity index is 1.35. The second-order valence-corrected chi connectivity index (χ2v) is 7.83. The van der Waals surface area contributed by atoms with Crippen LogP contribution in [0.5, 0.6) is 23.1 Å². The Morgan fingerprint density at radius 2 is 1.74 bits per heavy atom. The lowest BCUT2D eigenvalue weighted by Crippen LogP contribution is -2.28. The first-order chi connectivity index (χ1) is 17.2. The summed E-state index contributed by atoms with van der Waals surface area (Å²) in [6, 6.07) is 21.4. The van der Waals surface area contributed by atoms with E-state index in [9.17, 15) is 9.59 Å². The van der Waals surface area contributed by atoms with E-state index >= 15 is 0 Å². The van der Waals surface area contributed by atoms with Crippen LogP contribution in [0, 0.1) is 0 Å². The fourth-order valence-corrected chi connectivity index (χ4v) is 3.90. The number of para-hydroxylation sites is 3. The molecule has 35 heavy (non-hydrogen) atoms. The number of ether oxygens (including phenoxy) is 3. The minimum atomic E-state index is -0.478.